The monoisotopic (exact) mass is 667 g/mol. The molecule has 1 heteroatoms. The molecule has 1 aromatic heterocycles. The van der Waals surface area contributed by atoms with E-state index in [1.54, 1.807) is 0 Å². The second kappa shape index (κ2) is 10.5. The van der Waals surface area contributed by atoms with Crippen LogP contribution >= 0.6 is 0 Å². The highest BCUT2D eigenvalue weighted by molar-refractivity contribution is 6.12. The minimum absolute atomic E-state index is 0.0963. The van der Waals surface area contributed by atoms with Crippen molar-refractivity contribution in [3.05, 3.63) is 185 Å². The molecule has 0 bridgehead atoms. The van der Waals surface area contributed by atoms with Crippen molar-refractivity contribution in [3.63, 3.8) is 0 Å². The van der Waals surface area contributed by atoms with E-state index in [4.69, 9.17) is 0 Å². The molecule has 0 N–H and O–H groups in total. The number of aromatic nitrogens is 1. The van der Waals surface area contributed by atoms with Crippen LogP contribution in [0.15, 0.2) is 146 Å². The Balaban J connectivity index is 1.08. The molecule has 0 amide bonds. The highest BCUT2D eigenvalue weighted by Gasteiger charge is 2.43. The fourth-order valence-corrected chi connectivity index (χ4v) is 10.3. The highest BCUT2D eigenvalue weighted by Crippen LogP contribution is 2.58. The summed E-state index contributed by atoms with van der Waals surface area (Å²) in [6.07, 6.45) is 2.14. The lowest BCUT2D eigenvalue weighted by atomic mass is 9.74. The summed E-state index contributed by atoms with van der Waals surface area (Å²) in [5, 5.41) is 2.63. The minimum atomic E-state index is -0.135. The van der Waals surface area contributed by atoms with Crippen LogP contribution < -0.4 is 0 Å². The summed E-state index contributed by atoms with van der Waals surface area (Å²) in [7, 11) is 0. The molecule has 1 heterocycles. The molecule has 1 unspecified atom stereocenters. The number of para-hydroxylation sites is 2. The summed E-state index contributed by atoms with van der Waals surface area (Å²) in [5.74, 6) is 0.474. The van der Waals surface area contributed by atoms with Crippen molar-refractivity contribution in [1.82, 2.24) is 4.57 Å². The Morgan fingerprint density at radius 2 is 1.06 bits per heavy atom. The molecule has 1 nitrogen and oxygen atoms in total. The van der Waals surface area contributed by atoms with Gasteiger partial charge in [-0.1, -0.05) is 125 Å². The summed E-state index contributed by atoms with van der Waals surface area (Å²) in [6.45, 7) is 9.77. The van der Waals surface area contributed by atoms with Crippen LogP contribution in [-0.4, -0.2) is 4.57 Å². The second-order valence-corrected chi connectivity index (χ2v) is 16.5. The van der Waals surface area contributed by atoms with Crippen molar-refractivity contribution in [2.24, 2.45) is 0 Å². The van der Waals surface area contributed by atoms with Gasteiger partial charge in [0.1, 0.15) is 0 Å². The van der Waals surface area contributed by atoms with Gasteiger partial charge in [0.15, 0.2) is 0 Å². The maximum atomic E-state index is 2.59. The molecule has 7 aromatic carbocycles. The van der Waals surface area contributed by atoms with Gasteiger partial charge in [-0.15, -0.1) is 0 Å². The van der Waals surface area contributed by atoms with Gasteiger partial charge in [0.25, 0.3) is 0 Å². The van der Waals surface area contributed by atoms with Gasteiger partial charge in [-0.05, 0) is 140 Å². The smallest absolute Gasteiger partial charge is 0.0544 e. The van der Waals surface area contributed by atoms with Crippen LogP contribution in [0.5, 0.6) is 0 Å². The number of hydrogen-bond acceptors (Lipinski definition) is 0. The van der Waals surface area contributed by atoms with E-state index in [0.29, 0.717) is 5.92 Å². The lowest BCUT2D eigenvalue weighted by molar-refractivity contribution is 0.646. The first-order chi connectivity index (χ1) is 25.3. The van der Waals surface area contributed by atoms with Crippen molar-refractivity contribution >= 4 is 21.8 Å². The first kappa shape index (κ1) is 30.0. The number of fused-ring (bicyclic) bond motifs is 12. The fraction of sp³-hybridized carbons (Fsp3) is 0.176. The normalized spacial score (nSPS) is 17.0. The molecule has 0 fully saturated rings. The first-order valence-corrected chi connectivity index (χ1v) is 18.9. The Morgan fingerprint density at radius 1 is 0.481 bits per heavy atom. The Bertz CT molecular complexity index is 2780. The number of rotatable bonds is 3. The zero-order valence-corrected chi connectivity index (χ0v) is 30.3. The average molecular weight is 668 g/mol. The summed E-state index contributed by atoms with van der Waals surface area (Å²) in [5.41, 5.74) is 22.1. The summed E-state index contributed by atoms with van der Waals surface area (Å²) in [4.78, 5) is 0. The van der Waals surface area contributed by atoms with E-state index in [0.717, 1.165) is 12.8 Å². The van der Waals surface area contributed by atoms with Crippen LogP contribution in [0.3, 0.4) is 0 Å². The Labute approximate surface area is 306 Å². The predicted molar refractivity (Wildman–Crippen MR) is 218 cm³/mol. The molecular weight excluding hydrogens is 627 g/mol. The van der Waals surface area contributed by atoms with Gasteiger partial charge in [0, 0.05) is 27.3 Å². The predicted octanol–water partition coefficient (Wildman–Crippen LogP) is 12.9. The van der Waals surface area contributed by atoms with Crippen molar-refractivity contribution < 1.29 is 0 Å². The largest absolute Gasteiger partial charge is 0.309 e. The summed E-state index contributed by atoms with van der Waals surface area (Å²) < 4.78 is 2.45. The molecule has 0 spiro atoms. The molecule has 3 aliphatic rings. The fourth-order valence-electron chi connectivity index (χ4n) is 10.3. The Hall–Kier alpha value is -5.66. The molecule has 3 aliphatic carbocycles. The van der Waals surface area contributed by atoms with E-state index >= 15 is 0 Å². The number of hydrogen-bond donors (Lipinski definition) is 0. The lowest BCUT2D eigenvalue weighted by Crippen LogP contribution is -2.18. The quantitative estimate of drug-likeness (QED) is 0.177. The molecule has 250 valence electrons. The third-order valence-electron chi connectivity index (χ3n) is 13.0. The molecule has 0 radical (unpaired) electrons. The molecule has 0 saturated carbocycles. The van der Waals surface area contributed by atoms with Gasteiger partial charge in [0.2, 0.25) is 0 Å². The maximum Gasteiger partial charge on any atom is 0.0544 e. The molecule has 0 saturated heterocycles. The van der Waals surface area contributed by atoms with Crippen molar-refractivity contribution in [2.75, 3.05) is 0 Å². The van der Waals surface area contributed by atoms with Crippen molar-refractivity contribution in [3.8, 4) is 39.1 Å². The molecule has 8 aromatic rings. The van der Waals surface area contributed by atoms with E-state index in [1.807, 2.05) is 0 Å². The zero-order valence-electron chi connectivity index (χ0n) is 30.3. The summed E-state index contributed by atoms with van der Waals surface area (Å²) in [6, 6.07) is 55.2. The lowest BCUT2D eigenvalue weighted by Gasteiger charge is -2.30. The molecule has 0 aliphatic heterocycles. The van der Waals surface area contributed by atoms with E-state index in [-0.39, 0.29) is 10.8 Å². The zero-order chi connectivity index (χ0) is 34.9. The number of nitrogens with zero attached hydrogens (tertiary/aromatic N) is 1. The second-order valence-electron chi connectivity index (χ2n) is 16.5. The van der Waals surface area contributed by atoms with Crippen LogP contribution in [0.4, 0.5) is 0 Å². The van der Waals surface area contributed by atoms with Crippen LogP contribution in [0.2, 0.25) is 0 Å². The van der Waals surface area contributed by atoms with Crippen LogP contribution in [-0.2, 0) is 23.7 Å². The molecule has 1 atom stereocenters. The van der Waals surface area contributed by atoms with E-state index in [1.165, 1.54) is 99.8 Å². The van der Waals surface area contributed by atoms with Crippen molar-refractivity contribution in [1.29, 1.82) is 0 Å². The van der Waals surface area contributed by atoms with E-state index < -0.39 is 0 Å². The first-order valence-electron chi connectivity index (χ1n) is 18.9. The maximum absolute atomic E-state index is 2.59. The van der Waals surface area contributed by atoms with E-state index in [2.05, 4.69) is 178 Å². The third kappa shape index (κ3) is 4.00. The topological polar surface area (TPSA) is 4.93 Å². The SMILES string of the molecule is CC1(C)c2cc3c(cc2-c2cc4c(cc21)-c1cc2c5ccccc5n(-c5ccccc5)c2cc1C4(C)C)-c1ccccc1C(Cc1ccccc1)C3. The van der Waals surface area contributed by atoms with E-state index in [9.17, 15) is 0 Å². The third-order valence-corrected chi connectivity index (χ3v) is 13.0. The Kier molecular flexibility index (Phi) is 6.03. The van der Waals surface area contributed by atoms with Gasteiger partial charge in [-0.3, -0.25) is 0 Å². The van der Waals surface area contributed by atoms with Gasteiger partial charge in [-0.25, -0.2) is 0 Å². The van der Waals surface area contributed by atoms with Crippen molar-refractivity contribution in [2.45, 2.75) is 57.3 Å². The molecule has 11 rings (SSSR count). The van der Waals surface area contributed by atoms with Gasteiger partial charge < -0.3 is 4.57 Å². The molecule has 52 heavy (non-hydrogen) atoms. The average Bonchev–Trinajstić information content (AvgIpc) is 3.69. The standard InChI is InChI=1S/C51H41N/c1-50(2)44-25-33-24-32(23-31-15-7-5-8-16-31)35-19-11-12-20-36(35)38(33)26-39(44)41-28-46-42(29-45(41)50)40-27-43-37-21-13-14-22-48(37)52(34-17-9-6-10-18-34)49(43)30-47(40)51(46,3)4/h5-22,25-30,32H,23-24H2,1-4H3. The summed E-state index contributed by atoms with van der Waals surface area (Å²) >= 11 is 0. The Morgan fingerprint density at radius 3 is 1.81 bits per heavy atom. The minimum Gasteiger partial charge on any atom is -0.309 e. The van der Waals surface area contributed by atoms with Gasteiger partial charge in [0.05, 0.1) is 11.0 Å². The van der Waals surface area contributed by atoms with Crippen LogP contribution in [0.25, 0.3) is 60.9 Å². The van der Waals surface area contributed by atoms with Gasteiger partial charge in [-0.2, -0.15) is 0 Å². The van der Waals surface area contributed by atoms with Gasteiger partial charge >= 0.3 is 0 Å². The van der Waals surface area contributed by atoms with Crippen LogP contribution in [0, 0.1) is 0 Å². The number of benzene rings is 7. The molecular formula is C51H41N. The highest BCUT2D eigenvalue weighted by atomic mass is 15.0. The van der Waals surface area contributed by atoms with Crippen LogP contribution in [0.1, 0.15) is 72.6 Å².